The smallest absolute Gasteiger partial charge is 0.339 e. The van der Waals surface area contributed by atoms with Gasteiger partial charge in [0, 0.05) is 55.3 Å². The molecule has 170 valence electrons. The lowest BCUT2D eigenvalue weighted by Gasteiger charge is -2.32. The van der Waals surface area contributed by atoms with Crippen LogP contribution in [0.15, 0.2) is 48.5 Å². The third-order valence-corrected chi connectivity index (χ3v) is 6.82. The first-order valence-corrected chi connectivity index (χ1v) is 11.7. The van der Waals surface area contributed by atoms with Gasteiger partial charge in [-0.3, -0.25) is 14.7 Å². The van der Waals surface area contributed by atoms with Gasteiger partial charge in [-0.25, -0.2) is 4.79 Å². The number of carbonyl (C=O) groups excluding carboxylic acids is 2. The fourth-order valence-corrected chi connectivity index (χ4v) is 4.88. The van der Waals surface area contributed by atoms with Crippen molar-refractivity contribution in [3.63, 3.8) is 0 Å². The third-order valence-electron chi connectivity index (χ3n) is 6.82. The summed E-state index contributed by atoms with van der Waals surface area (Å²) in [6, 6.07) is 16.2. The van der Waals surface area contributed by atoms with Crippen LogP contribution in [0.25, 0.3) is 10.9 Å². The summed E-state index contributed by atoms with van der Waals surface area (Å²) in [5, 5.41) is 0.784. The second kappa shape index (κ2) is 8.94. The molecule has 0 unspecified atom stereocenters. The van der Waals surface area contributed by atoms with Crippen LogP contribution in [-0.2, 0) is 35.5 Å². The summed E-state index contributed by atoms with van der Waals surface area (Å²) in [5.74, 6) is -0.602. The Morgan fingerprint density at radius 1 is 0.970 bits per heavy atom. The number of hydrogen-bond acceptors (Lipinski definition) is 5. The highest BCUT2D eigenvalue weighted by Gasteiger charge is 2.28. The van der Waals surface area contributed by atoms with Crippen LogP contribution in [0.1, 0.15) is 46.6 Å². The lowest BCUT2D eigenvalue weighted by atomic mass is 9.95. The minimum atomic E-state index is -0.443. The van der Waals surface area contributed by atoms with Crippen LogP contribution in [-0.4, -0.2) is 52.4 Å². The number of esters is 1. The Kier molecular flexibility index (Phi) is 5.85. The van der Waals surface area contributed by atoms with Gasteiger partial charge >= 0.3 is 5.97 Å². The number of pyridine rings is 1. The number of fused-ring (bicyclic) bond motifs is 3. The van der Waals surface area contributed by atoms with E-state index in [1.807, 2.05) is 36.4 Å². The predicted molar refractivity (Wildman–Crippen MR) is 127 cm³/mol. The molecule has 0 aliphatic carbocycles. The topological polar surface area (TPSA) is 62.7 Å². The molecule has 3 aromatic rings. The van der Waals surface area contributed by atoms with Crippen molar-refractivity contribution in [1.82, 2.24) is 14.8 Å². The van der Waals surface area contributed by atoms with Crippen molar-refractivity contribution in [2.75, 3.05) is 19.7 Å². The summed E-state index contributed by atoms with van der Waals surface area (Å²) in [4.78, 5) is 35.2. The molecule has 1 amide bonds. The van der Waals surface area contributed by atoms with E-state index in [-0.39, 0.29) is 12.5 Å². The van der Waals surface area contributed by atoms with Gasteiger partial charge in [-0.15, -0.1) is 0 Å². The fraction of sp³-hybridized carbons (Fsp3) is 0.370. The first-order valence-electron chi connectivity index (χ1n) is 11.7. The predicted octanol–water partition coefficient (Wildman–Crippen LogP) is 3.74. The minimum absolute atomic E-state index is 0.158. The van der Waals surface area contributed by atoms with E-state index in [4.69, 9.17) is 9.72 Å². The standard InChI is InChI=1S/C27H29N3O3/c1-18(2)29-14-12-24-22(16-29)26(21-9-5-6-10-23(21)28-24)27(32)33-17-25(31)30-13-11-19-7-3-4-8-20(19)15-30/h3-10,18H,11-17H2,1-2H3. The summed E-state index contributed by atoms with van der Waals surface area (Å²) in [6.07, 6.45) is 1.62. The Morgan fingerprint density at radius 3 is 2.55 bits per heavy atom. The summed E-state index contributed by atoms with van der Waals surface area (Å²) in [6.45, 7) is 6.85. The zero-order valence-corrected chi connectivity index (χ0v) is 19.2. The summed E-state index contributed by atoms with van der Waals surface area (Å²) < 4.78 is 5.62. The van der Waals surface area contributed by atoms with E-state index in [2.05, 4.69) is 30.9 Å². The molecular formula is C27H29N3O3. The monoisotopic (exact) mass is 443 g/mol. The molecule has 0 N–H and O–H groups in total. The van der Waals surface area contributed by atoms with Gasteiger partial charge in [-0.2, -0.15) is 0 Å². The molecule has 0 bridgehead atoms. The number of aromatic nitrogens is 1. The molecule has 3 heterocycles. The second-order valence-corrected chi connectivity index (χ2v) is 9.15. The van der Waals surface area contributed by atoms with Crippen molar-refractivity contribution in [3.8, 4) is 0 Å². The number of benzene rings is 2. The van der Waals surface area contributed by atoms with Crippen LogP contribution in [0, 0.1) is 0 Å². The number of rotatable bonds is 4. The van der Waals surface area contributed by atoms with E-state index in [0.717, 1.165) is 47.1 Å². The van der Waals surface area contributed by atoms with E-state index in [1.165, 1.54) is 5.56 Å². The van der Waals surface area contributed by atoms with Crippen LogP contribution in [0.4, 0.5) is 0 Å². The number of ether oxygens (including phenoxy) is 1. The minimum Gasteiger partial charge on any atom is -0.452 e. The molecule has 1 aromatic heterocycles. The Hall–Kier alpha value is -3.25. The number of carbonyl (C=O) groups is 2. The lowest BCUT2D eigenvalue weighted by molar-refractivity contribution is -0.135. The summed E-state index contributed by atoms with van der Waals surface area (Å²) in [7, 11) is 0. The first kappa shape index (κ1) is 21.6. The molecular weight excluding hydrogens is 414 g/mol. The highest BCUT2D eigenvalue weighted by Crippen LogP contribution is 2.29. The molecule has 0 fully saturated rings. The SMILES string of the molecule is CC(C)N1CCc2nc3ccccc3c(C(=O)OCC(=O)N3CCc4ccccc4C3)c2C1. The van der Waals surface area contributed by atoms with Crippen LogP contribution < -0.4 is 0 Å². The average molecular weight is 444 g/mol. The van der Waals surface area contributed by atoms with Crippen molar-refractivity contribution in [3.05, 3.63) is 76.5 Å². The maximum Gasteiger partial charge on any atom is 0.339 e. The zero-order chi connectivity index (χ0) is 22.9. The molecule has 2 aliphatic rings. The van der Waals surface area contributed by atoms with Crippen molar-refractivity contribution in [1.29, 1.82) is 0 Å². The molecule has 6 heteroatoms. The van der Waals surface area contributed by atoms with Gasteiger partial charge in [0.1, 0.15) is 0 Å². The number of amides is 1. The molecule has 0 atom stereocenters. The van der Waals surface area contributed by atoms with Gasteiger partial charge < -0.3 is 9.64 Å². The normalized spacial score (nSPS) is 15.9. The van der Waals surface area contributed by atoms with Gasteiger partial charge in [0.15, 0.2) is 6.61 Å². The fourth-order valence-electron chi connectivity index (χ4n) is 4.88. The summed E-state index contributed by atoms with van der Waals surface area (Å²) >= 11 is 0. The highest BCUT2D eigenvalue weighted by molar-refractivity contribution is 6.05. The van der Waals surface area contributed by atoms with E-state index >= 15 is 0 Å². The van der Waals surface area contributed by atoms with Crippen molar-refractivity contribution in [2.24, 2.45) is 0 Å². The quantitative estimate of drug-likeness (QED) is 0.575. The third kappa shape index (κ3) is 4.23. The Labute approximate surface area is 194 Å². The van der Waals surface area contributed by atoms with Crippen LogP contribution in [0.3, 0.4) is 0 Å². The maximum atomic E-state index is 13.4. The van der Waals surface area contributed by atoms with Crippen LogP contribution in [0.5, 0.6) is 0 Å². The molecule has 5 rings (SSSR count). The van der Waals surface area contributed by atoms with Gasteiger partial charge in [0.05, 0.1) is 11.1 Å². The first-order chi connectivity index (χ1) is 16.0. The van der Waals surface area contributed by atoms with Crippen molar-refractivity contribution in [2.45, 2.75) is 45.8 Å². The van der Waals surface area contributed by atoms with Gasteiger partial charge in [0.25, 0.3) is 5.91 Å². The van der Waals surface area contributed by atoms with E-state index in [9.17, 15) is 9.59 Å². The van der Waals surface area contributed by atoms with E-state index in [1.54, 1.807) is 4.90 Å². The second-order valence-electron chi connectivity index (χ2n) is 9.15. The molecule has 6 nitrogen and oxygen atoms in total. The summed E-state index contributed by atoms with van der Waals surface area (Å²) in [5.41, 5.74) is 5.67. The zero-order valence-electron chi connectivity index (χ0n) is 19.2. The van der Waals surface area contributed by atoms with Crippen molar-refractivity contribution >= 4 is 22.8 Å². The Morgan fingerprint density at radius 2 is 1.73 bits per heavy atom. The maximum absolute atomic E-state index is 13.4. The van der Waals surface area contributed by atoms with E-state index in [0.29, 0.717) is 31.2 Å². The highest BCUT2D eigenvalue weighted by atomic mass is 16.5. The van der Waals surface area contributed by atoms with Crippen LogP contribution in [0.2, 0.25) is 0 Å². The molecule has 0 saturated carbocycles. The van der Waals surface area contributed by atoms with E-state index < -0.39 is 5.97 Å². The molecule has 2 aliphatic heterocycles. The van der Waals surface area contributed by atoms with Gasteiger partial charge in [-0.05, 0) is 37.5 Å². The number of hydrogen-bond donors (Lipinski definition) is 0. The molecule has 33 heavy (non-hydrogen) atoms. The van der Waals surface area contributed by atoms with Gasteiger partial charge in [-0.1, -0.05) is 42.5 Å². The molecule has 2 aromatic carbocycles. The number of nitrogens with zero attached hydrogens (tertiary/aromatic N) is 3. The van der Waals surface area contributed by atoms with Gasteiger partial charge in [0.2, 0.25) is 0 Å². The Bertz CT molecular complexity index is 1220. The largest absolute Gasteiger partial charge is 0.452 e. The number of para-hydroxylation sites is 1. The molecule has 0 spiro atoms. The Balaban J connectivity index is 1.37. The van der Waals surface area contributed by atoms with Crippen molar-refractivity contribution < 1.29 is 14.3 Å². The van der Waals surface area contributed by atoms with Crippen LogP contribution >= 0.6 is 0 Å². The lowest BCUT2D eigenvalue weighted by Crippen LogP contribution is -2.39. The molecule has 0 radical (unpaired) electrons. The average Bonchev–Trinajstić information content (AvgIpc) is 2.84. The molecule has 0 saturated heterocycles.